The van der Waals surface area contributed by atoms with Crippen LogP contribution in [0.3, 0.4) is 0 Å². The highest BCUT2D eigenvalue weighted by Gasteiger charge is 2.23. The first kappa shape index (κ1) is 14.7. The van der Waals surface area contributed by atoms with E-state index < -0.39 is 5.85 Å². The molecule has 92 valence electrons. The van der Waals surface area contributed by atoms with Crippen molar-refractivity contribution in [3.8, 4) is 0 Å². The second kappa shape index (κ2) is 8.98. The molecular weight excluding hydrogens is 196 g/mol. The summed E-state index contributed by atoms with van der Waals surface area (Å²) in [5.41, 5.74) is 16.0. The van der Waals surface area contributed by atoms with E-state index >= 15 is 0 Å². The largest absolute Gasteiger partial charge is 0.362 e. The number of nitrogens with one attached hydrogen (secondary N) is 3. The monoisotopic (exact) mass is 220 g/mol. The normalized spacial score (nSPS) is 12.0. The second-order valence-electron chi connectivity index (χ2n) is 3.26. The predicted octanol–water partition coefficient (Wildman–Crippen LogP) is -3.72. The average molecular weight is 220 g/mol. The Morgan fingerprint density at radius 3 is 1.73 bits per heavy atom. The van der Waals surface area contributed by atoms with Gasteiger partial charge in [-0.1, -0.05) is 0 Å². The van der Waals surface area contributed by atoms with Crippen LogP contribution in [0.1, 0.15) is 0 Å². The molecule has 0 radical (unpaired) electrons. The SMILES string of the molecule is NCCNCC(O)(NCCN)NCCN. The number of hydrogen-bond acceptors (Lipinski definition) is 7. The summed E-state index contributed by atoms with van der Waals surface area (Å²) in [4.78, 5) is 0. The molecular formula is C8H24N6O. The number of hydrogen-bond donors (Lipinski definition) is 7. The summed E-state index contributed by atoms with van der Waals surface area (Å²) in [6, 6.07) is 0. The van der Waals surface area contributed by atoms with Gasteiger partial charge in [-0.2, -0.15) is 0 Å². The molecule has 0 aliphatic heterocycles. The highest BCUT2D eigenvalue weighted by atomic mass is 16.3. The van der Waals surface area contributed by atoms with Crippen LogP contribution in [0, 0.1) is 0 Å². The fraction of sp³-hybridized carbons (Fsp3) is 1.00. The Bertz CT molecular complexity index is 137. The van der Waals surface area contributed by atoms with Crippen LogP contribution < -0.4 is 33.2 Å². The summed E-state index contributed by atoms with van der Waals surface area (Å²) in [6.45, 7) is 3.51. The molecule has 0 aliphatic rings. The first-order valence-electron chi connectivity index (χ1n) is 5.22. The summed E-state index contributed by atoms with van der Waals surface area (Å²) in [5, 5.41) is 18.9. The summed E-state index contributed by atoms with van der Waals surface area (Å²) < 4.78 is 0. The molecule has 0 saturated carbocycles. The van der Waals surface area contributed by atoms with E-state index in [1.165, 1.54) is 0 Å². The third-order valence-electron chi connectivity index (χ3n) is 1.83. The van der Waals surface area contributed by atoms with Gasteiger partial charge in [0, 0.05) is 39.3 Å². The van der Waals surface area contributed by atoms with Crippen LogP contribution in [-0.4, -0.2) is 56.8 Å². The van der Waals surface area contributed by atoms with E-state index in [-0.39, 0.29) is 0 Å². The summed E-state index contributed by atoms with van der Waals surface area (Å²) >= 11 is 0. The van der Waals surface area contributed by atoms with Gasteiger partial charge >= 0.3 is 0 Å². The number of nitrogens with two attached hydrogens (primary N) is 3. The van der Waals surface area contributed by atoms with Crippen LogP contribution in [0.2, 0.25) is 0 Å². The minimum absolute atomic E-state index is 0.351. The molecule has 0 unspecified atom stereocenters. The summed E-state index contributed by atoms with van der Waals surface area (Å²) in [7, 11) is 0. The van der Waals surface area contributed by atoms with Crippen LogP contribution in [-0.2, 0) is 0 Å². The zero-order valence-corrected chi connectivity index (χ0v) is 9.13. The van der Waals surface area contributed by atoms with Gasteiger partial charge in [0.25, 0.3) is 0 Å². The van der Waals surface area contributed by atoms with Gasteiger partial charge in [-0.15, -0.1) is 0 Å². The van der Waals surface area contributed by atoms with Crippen LogP contribution in [0.5, 0.6) is 0 Å². The molecule has 7 heteroatoms. The Hall–Kier alpha value is -0.280. The van der Waals surface area contributed by atoms with Crippen molar-refractivity contribution in [3.63, 3.8) is 0 Å². The fourth-order valence-corrected chi connectivity index (χ4v) is 1.12. The van der Waals surface area contributed by atoms with Crippen LogP contribution in [0.4, 0.5) is 0 Å². The smallest absolute Gasteiger partial charge is 0.184 e. The molecule has 0 aromatic heterocycles. The van der Waals surface area contributed by atoms with Gasteiger partial charge in [0.05, 0.1) is 6.54 Å². The minimum Gasteiger partial charge on any atom is -0.362 e. The van der Waals surface area contributed by atoms with E-state index in [0.29, 0.717) is 45.8 Å². The Kier molecular flexibility index (Phi) is 8.82. The maximum Gasteiger partial charge on any atom is 0.184 e. The second-order valence-corrected chi connectivity index (χ2v) is 3.26. The molecule has 0 aliphatic carbocycles. The lowest BCUT2D eigenvalue weighted by molar-refractivity contribution is -0.0243. The molecule has 0 rings (SSSR count). The maximum absolute atomic E-state index is 10.1. The molecule has 0 aromatic carbocycles. The van der Waals surface area contributed by atoms with Crippen molar-refractivity contribution in [2.75, 3.05) is 45.8 Å². The van der Waals surface area contributed by atoms with Gasteiger partial charge in [-0.25, -0.2) is 0 Å². The van der Waals surface area contributed by atoms with E-state index in [0.717, 1.165) is 0 Å². The number of rotatable bonds is 10. The predicted molar refractivity (Wildman–Crippen MR) is 61.0 cm³/mol. The molecule has 0 saturated heterocycles. The molecule has 0 spiro atoms. The molecule has 0 fully saturated rings. The third kappa shape index (κ3) is 7.63. The van der Waals surface area contributed by atoms with Crippen molar-refractivity contribution in [3.05, 3.63) is 0 Å². The fourth-order valence-electron chi connectivity index (χ4n) is 1.12. The minimum atomic E-state index is -1.17. The van der Waals surface area contributed by atoms with E-state index in [1.54, 1.807) is 0 Å². The van der Waals surface area contributed by atoms with Crippen molar-refractivity contribution in [2.45, 2.75) is 5.85 Å². The first-order chi connectivity index (χ1) is 7.18. The lowest BCUT2D eigenvalue weighted by Crippen LogP contribution is -2.64. The zero-order chi connectivity index (χ0) is 11.6. The van der Waals surface area contributed by atoms with Crippen LogP contribution in [0.25, 0.3) is 0 Å². The van der Waals surface area contributed by atoms with E-state index in [1.807, 2.05) is 0 Å². The van der Waals surface area contributed by atoms with Crippen LogP contribution >= 0.6 is 0 Å². The lowest BCUT2D eigenvalue weighted by Gasteiger charge is -2.30. The molecule has 7 nitrogen and oxygen atoms in total. The quantitative estimate of drug-likeness (QED) is 0.149. The molecule has 10 N–H and O–H groups in total. The number of aliphatic hydroxyl groups is 1. The van der Waals surface area contributed by atoms with Gasteiger partial charge in [0.2, 0.25) is 0 Å². The molecule has 0 amide bonds. The Morgan fingerprint density at radius 2 is 1.33 bits per heavy atom. The van der Waals surface area contributed by atoms with Crippen molar-refractivity contribution < 1.29 is 5.11 Å². The Labute approximate surface area is 90.8 Å². The molecule has 15 heavy (non-hydrogen) atoms. The average Bonchev–Trinajstić information content (AvgIpc) is 2.24. The summed E-state index contributed by atoms with van der Waals surface area (Å²) in [6.07, 6.45) is 0. The highest BCUT2D eigenvalue weighted by molar-refractivity contribution is 4.76. The third-order valence-corrected chi connectivity index (χ3v) is 1.83. The van der Waals surface area contributed by atoms with Gasteiger partial charge in [0.1, 0.15) is 0 Å². The van der Waals surface area contributed by atoms with Gasteiger partial charge < -0.3 is 27.6 Å². The topological polar surface area (TPSA) is 134 Å². The standard InChI is InChI=1S/C8H24N6O/c9-1-4-12-7-8(15,13-5-2-10)14-6-3-11/h12-15H,1-7,9-11H2. The molecule has 0 atom stereocenters. The molecule has 0 bridgehead atoms. The van der Waals surface area contributed by atoms with Crippen LogP contribution in [0.15, 0.2) is 0 Å². The van der Waals surface area contributed by atoms with Crippen molar-refractivity contribution in [2.24, 2.45) is 17.2 Å². The zero-order valence-electron chi connectivity index (χ0n) is 9.13. The van der Waals surface area contributed by atoms with Crippen molar-refractivity contribution in [1.82, 2.24) is 16.0 Å². The Morgan fingerprint density at radius 1 is 0.867 bits per heavy atom. The summed E-state index contributed by atoms with van der Waals surface area (Å²) in [5.74, 6) is -1.17. The van der Waals surface area contributed by atoms with E-state index in [4.69, 9.17) is 17.2 Å². The maximum atomic E-state index is 10.1. The Balaban J connectivity index is 3.89. The lowest BCUT2D eigenvalue weighted by atomic mass is 10.3. The highest BCUT2D eigenvalue weighted by Crippen LogP contribution is 1.91. The first-order valence-corrected chi connectivity index (χ1v) is 5.22. The van der Waals surface area contributed by atoms with Crippen molar-refractivity contribution >= 4 is 0 Å². The molecule has 0 heterocycles. The van der Waals surface area contributed by atoms with E-state index in [9.17, 15) is 5.11 Å². The van der Waals surface area contributed by atoms with Gasteiger partial charge in [-0.05, 0) is 0 Å². The van der Waals surface area contributed by atoms with Gasteiger partial charge in [-0.3, -0.25) is 10.6 Å². The van der Waals surface area contributed by atoms with E-state index in [2.05, 4.69) is 16.0 Å². The van der Waals surface area contributed by atoms with Crippen molar-refractivity contribution in [1.29, 1.82) is 0 Å². The molecule has 0 aromatic rings. The van der Waals surface area contributed by atoms with Gasteiger partial charge in [0.15, 0.2) is 5.85 Å².